The van der Waals surface area contributed by atoms with Gasteiger partial charge in [-0.2, -0.15) is 0 Å². The van der Waals surface area contributed by atoms with Crippen LogP contribution in [0.25, 0.3) is 0 Å². The van der Waals surface area contributed by atoms with Crippen LogP contribution in [0.2, 0.25) is 0 Å². The molecule has 0 aromatic heterocycles. The molecule has 0 saturated heterocycles. The molecule has 4 nitrogen and oxygen atoms in total. The largest absolute Gasteiger partial charge is 0.324 e. The van der Waals surface area contributed by atoms with Gasteiger partial charge in [0.05, 0.1) is 6.54 Å². The molecule has 0 heterocycles. The van der Waals surface area contributed by atoms with Crippen LogP contribution in [0.4, 0.5) is 5.69 Å². The van der Waals surface area contributed by atoms with Crippen LogP contribution in [0, 0.1) is 0 Å². The van der Waals surface area contributed by atoms with Crippen molar-refractivity contribution in [2.24, 2.45) is 0 Å². The Hall–Kier alpha value is -1.39. The van der Waals surface area contributed by atoms with Crippen molar-refractivity contribution in [2.75, 3.05) is 39.0 Å². The van der Waals surface area contributed by atoms with Gasteiger partial charge < -0.3 is 15.5 Å². The minimum atomic E-state index is 0.0375. The van der Waals surface area contributed by atoms with E-state index in [0.29, 0.717) is 6.54 Å². The summed E-state index contributed by atoms with van der Waals surface area (Å²) in [5.41, 5.74) is 3.41. The molecule has 0 bridgehead atoms. The second-order valence-electron chi connectivity index (χ2n) is 5.54. The normalized spacial score (nSPS) is 10.9. The zero-order valence-electron chi connectivity index (χ0n) is 13.8. The lowest BCUT2D eigenvalue weighted by atomic mass is 10.0. The van der Waals surface area contributed by atoms with Crippen LogP contribution < -0.4 is 10.6 Å². The molecule has 0 radical (unpaired) electrons. The molecule has 2 N–H and O–H groups in total. The van der Waals surface area contributed by atoms with Crippen molar-refractivity contribution in [2.45, 2.75) is 33.1 Å². The van der Waals surface area contributed by atoms with Crippen molar-refractivity contribution >= 4 is 11.6 Å². The summed E-state index contributed by atoms with van der Waals surface area (Å²) in [5.74, 6) is 0.0375. The van der Waals surface area contributed by atoms with Gasteiger partial charge in [-0.25, -0.2) is 0 Å². The number of amides is 1. The minimum absolute atomic E-state index is 0.0375. The van der Waals surface area contributed by atoms with Crippen molar-refractivity contribution < 1.29 is 4.79 Å². The van der Waals surface area contributed by atoms with Gasteiger partial charge in [0, 0.05) is 5.69 Å². The first-order chi connectivity index (χ1) is 10.1. The second kappa shape index (κ2) is 9.53. The number of nitrogens with zero attached hydrogens (tertiary/aromatic N) is 1. The molecule has 0 aliphatic carbocycles. The molecule has 118 valence electrons. The fraction of sp³-hybridized carbons (Fsp3) is 0.588. The summed E-state index contributed by atoms with van der Waals surface area (Å²) in [6.07, 6.45) is 2.91. The molecule has 1 amide bonds. The van der Waals surface area contributed by atoms with Crippen LogP contribution in [0.1, 0.15) is 31.4 Å². The number of aryl methyl sites for hydroxylation is 2. The molecular formula is C17H29N3O. The standard InChI is InChI=1S/C17H29N3O/c1-5-14-9-7-10-15(6-2)17(14)19-16(21)13-18-11-8-12-20(3)4/h7,9-10,18H,5-6,8,11-13H2,1-4H3,(H,19,21). The van der Waals surface area contributed by atoms with Crippen LogP contribution in [-0.2, 0) is 17.6 Å². The molecular weight excluding hydrogens is 262 g/mol. The van der Waals surface area contributed by atoms with Gasteiger partial charge in [-0.15, -0.1) is 0 Å². The highest BCUT2D eigenvalue weighted by molar-refractivity contribution is 5.93. The molecule has 0 saturated carbocycles. The molecule has 0 unspecified atom stereocenters. The SMILES string of the molecule is CCc1cccc(CC)c1NC(=O)CNCCCN(C)C. The van der Waals surface area contributed by atoms with Crippen molar-refractivity contribution in [3.05, 3.63) is 29.3 Å². The van der Waals surface area contributed by atoms with Crippen LogP contribution in [0.5, 0.6) is 0 Å². The Bertz CT molecular complexity index is 421. The molecule has 4 heteroatoms. The van der Waals surface area contributed by atoms with E-state index in [0.717, 1.165) is 38.0 Å². The number of carbonyl (C=O) groups is 1. The lowest BCUT2D eigenvalue weighted by molar-refractivity contribution is -0.115. The van der Waals surface area contributed by atoms with Crippen LogP contribution >= 0.6 is 0 Å². The molecule has 0 fully saturated rings. The molecule has 0 aliphatic rings. The number of rotatable bonds is 9. The van der Waals surface area contributed by atoms with Gasteiger partial charge in [-0.1, -0.05) is 32.0 Å². The first-order valence-electron chi connectivity index (χ1n) is 7.84. The lowest BCUT2D eigenvalue weighted by Crippen LogP contribution is -2.30. The highest BCUT2D eigenvalue weighted by atomic mass is 16.1. The van der Waals surface area contributed by atoms with Gasteiger partial charge in [0.2, 0.25) is 5.91 Å². The van der Waals surface area contributed by atoms with Gasteiger partial charge in [0.25, 0.3) is 0 Å². The first kappa shape index (κ1) is 17.7. The lowest BCUT2D eigenvalue weighted by Gasteiger charge is -2.15. The Morgan fingerprint density at radius 3 is 2.29 bits per heavy atom. The molecule has 1 aromatic carbocycles. The van der Waals surface area contributed by atoms with Crippen molar-refractivity contribution in [3.63, 3.8) is 0 Å². The third-order valence-corrected chi connectivity index (χ3v) is 3.51. The molecule has 0 atom stereocenters. The number of anilines is 1. The average Bonchev–Trinajstić information content (AvgIpc) is 2.46. The van der Waals surface area contributed by atoms with Crippen LogP contribution in [0.3, 0.4) is 0 Å². The summed E-state index contributed by atoms with van der Waals surface area (Å²) in [4.78, 5) is 14.2. The maximum atomic E-state index is 12.1. The van der Waals surface area contributed by atoms with Gasteiger partial charge in [0.15, 0.2) is 0 Å². The van der Waals surface area contributed by atoms with E-state index in [9.17, 15) is 4.79 Å². The van der Waals surface area contributed by atoms with E-state index >= 15 is 0 Å². The topological polar surface area (TPSA) is 44.4 Å². The third-order valence-electron chi connectivity index (χ3n) is 3.51. The summed E-state index contributed by atoms with van der Waals surface area (Å²) < 4.78 is 0. The second-order valence-corrected chi connectivity index (χ2v) is 5.54. The summed E-state index contributed by atoms with van der Waals surface area (Å²) in [6, 6.07) is 6.23. The van der Waals surface area contributed by atoms with Crippen molar-refractivity contribution in [1.29, 1.82) is 0 Å². The quantitative estimate of drug-likeness (QED) is 0.686. The van der Waals surface area contributed by atoms with E-state index < -0.39 is 0 Å². The monoisotopic (exact) mass is 291 g/mol. The third kappa shape index (κ3) is 6.27. The zero-order valence-corrected chi connectivity index (χ0v) is 13.8. The number of hydrogen-bond acceptors (Lipinski definition) is 3. The minimum Gasteiger partial charge on any atom is -0.324 e. The van der Waals surface area contributed by atoms with E-state index in [1.165, 1.54) is 11.1 Å². The highest BCUT2D eigenvalue weighted by Gasteiger charge is 2.09. The Morgan fingerprint density at radius 1 is 1.14 bits per heavy atom. The Morgan fingerprint density at radius 2 is 1.76 bits per heavy atom. The number of para-hydroxylation sites is 1. The summed E-state index contributed by atoms with van der Waals surface area (Å²) in [6.45, 7) is 6.50. The summed E-state index contributed by atoms with van der Waals surface area (Å²) >= 11 is 0. The molecule has 0 aliphatic heterocycles. The smallest absolute Gasteiger partial charge is 0.238 e. The maximum Gasteiger partial charge on any atom is 0.238 e. The fourth-order valence-corrected chi connectivity index (χ4v) is 2.31. The average molecular weight is 291 g/mol. The van der Waals surface area contributed by atoms with E-state index in [1.54, 1.807) is 0 Å². The van der Waals surface area contributed by atoms with Crippen LogP contribution in [-0.4, -0.2) is 44.5 Å². The van der Waals surface area contributed by atoms with Gasteiger partial charge in [-0.3, -0.25) is 4.79 Å². The maximum absolute atomic E-state index is 12.1. The Kier molecular flexibility index (Phi) is 8.01. The van der Waals surface area contributed by atoms with Crippen LogP contribution in [0.15, 0.2) is 18.2 Å². The molecule has 21 heavy (non-hydrogen) atoms. The Balaban J connectivity index is 2.47. The molecule has 0 spiro atoms. The summed E-state index contributed by atoms with van der Waals surface area (Å²) in [7, 11) is 4.11. The number of carbonyl (C=O) groups excluding carboxylic acids is 1. The van der Waals surface area contributed by atoms with E-state index in [-0.39, 0.29) is 5.91 Å². The predicted octanol–water partition coefficient (Wildman–Crippen LogP) is 2.29. The van der Waals surface area contributed by atoms with Gasteiger partial charge in [-0.05, 0) is 57.6 Å². The van der Waals surface area contributed by atoms with E-state index in [4.69, 9.17) is 0 Å². The number of benzene rings is 1. The predicted molar refractivity (Wildman–Crippen MR) is 89.9 cm³/mol. The Labute approximate surface area is 128 Å². The fourth-order valence-electron chi connectivity index (χ4n) is 2.31. The number of nitrogens with one attached hydrogen (secondary N) is 2. The number of hydrogen-bond donors (Lipinski definition) is 2. The van der Waals surface area contributed by atoms with E-state index in [1.807, 2.05) is 0 Å². The molecule has 1 rings (SSSR count). The van der Waals surface area contributed by atoms with Crippen molar-refractivity contribution in [3.8, 4) is 0 Å². The van der Waals surface area contributed by atoms with Crippen molar-refractivity contribution in [1.82, 2.24) is 10.2 Å². The highest BCUT2D eigenvalue weighted by Crippen LogP contribution is 2.22. The van der Waals surface area contributed by atoms with E-state index in [2.05, 4.69) is 61.7 Å². The summed E-state index contributed by atoms with van der Waals surface area (Å²) in [5, 5.41) is 6.27. The van der Waals surface area contributed by atoms with Gasteiger partial charge >= 0.3 is 0 Å². The first-order valence-corrected chi connectivity index (χ1v) is 7.84. The van der Waals surface area contributed by atoms with Gasteiger partial charge in [0.1, 0.15) is 0 Å². The zero-order chi connectivity index (χ0) is 15.7. The molecule has 1 aromatic rings.